The number of fused-ring (bicyclic) bond motifs is 1. The van der Waals surface area contributed by atoms with E-state index >= 15 is 0 Å². The number of rotatable bonds is 3. The highest BCUT2D eigenvalue weighted by Gasteiger charge is 2.11. The molecule has 0 aliphatic heterocycles. The molecule has 2 N–H and O–H groups in total. The number of imidazole rings is 1. The van der Waals surface area contributed by atoms with Crippen LogP contribution >= 0.6 is 0 Å². The van der Waals surface area contributed by atoms with Gasteiger partial charge in [0.25, 0.3) is 0 Å². The summed E-state index contributed by atoms with van der Waals surface area (Å²) in [7, 11) is 0. The standard InChI is InChI=1S/C13H17F2N3/c1-13(2,3)16-5-4-11-17-10-7-8(14)6-9(15)12(10)18-11/h6-7,16H,4-5H2,1-3H3,(H,17,18). The van der Waals surface area contributed by atoms with E-state index in [0.29, 0.717) is 17.8 Å². The van der Waals surface area contributed by atoms with Crippen molar-refractivity contribution in [2.45, 2.75) is 32.7 Å². The monoisotopic (exact) mass is 253 g/mol. The molecule has 1 heterocycles. The zero-order chi connectivity index (χ0) is 13.3. The zero-order valence-corrected chi connectivity index (χ0v) is 10.8. The SMILES string of the molecule is CC(C)(C)NCCc1nc2c(F)cc(F)cc2[nH]1. The molecule has 0 spiro atoms. The van der Waals surface area contributed by atoms with E-state index in [2.05, 4.69) is 36.1 Å². The Morgan fingerprint density at radius 2 is 2.00 bits per heavy atom. The molecule has 0 aliphatic rings. The van der Waals surface area contributed by atoms with Crippen LogP contribution in [0.4, 0.5) is 8.78 Å². The molecule has 0 bridgehead atoms. The molecular formula is C13H17F2N3. The van der Waals surface area contributed by atoms with Gasteiger partial charge in [-0.2, -0.15) is 0 Å². The zero-order valence-electron chi connectivity index (χ0n) is 10.8. The van der Waals surface area contributed by atoms with Crippen LogP contribution in [0.5, 0.6) is 0 Å². The van der Waals surface area contributed by atoms with Crippen molar-refractivity contribution in [1.29, 1.82) is 0 Å². The van der Waals surface area contributed by atoms with Gasteiger partial charge in [0.05, 0.1) is 5.52 Å². The van der Waals surface area contributed by atoms with Gasteiger partial charge in [-0.15, -0.1) is 0 Å². The van der Waals surface area contributed by atoms with Gasteiger partial charge < -0.3 is 10.3 Å². The summed E-state index contributed by atoms with van der Waals surface area (Å²) in [6.45, 7) is 6.94. The second-order valence-electron chi connectivity index (χ2n) is 5.39. The second kappa shape index (κ2) is 4.65. The van der Waals surface area contributed by atoms with Gasteiger partial charge in [-0.05, 0) is 26.8 Å². The molecule has 5 heteroatoms. The summed E-state index contributed by atoms with van der Waals surface area (Å²) in [5, 5.41) is 3.31. The van der Waals surface area contributed by atoms with Crippen LogP contribution in [0.3, 0.4) is 0 Å². The van der Waals surface area contributed by atoms with Crippen molar-refractivity contribution >= 4 is 11.0 Å². The van der Waals surface area contributed by atoms with E-state index in [1.54, 1.807) is 0 Å². The topological polar surface area (TPSA) is 40.7 Å². The minimum absolute atomic E-state index is 0.0311. The Hall–Kier alpha value is -1.49. The summed E-state index contributed by atoms with van der Waals surface area (Å²) >= 11 is 0. The second-order valence-corrected chi connectivity index (χ2v) is 5.39. The number of aromatic amines is 1. The van der Waals surface area contributed by atoms with Crippen molar-refractivity contribution in [2.24, 2.45) is 0 Å². The summed E-state index contributed by atoms with van der Waals surface area (Å²) in [5.74, 6) is -0.564. The minimum atomic E-state index is -0.628. The lowest BCUT2D eigenvalue weighted by Gasteiger charge is -2.19. The molecule has 0 unspecified atom stereocenters. The molecule has 0 fully saturated rings. The Kier molecular flexibility index (Phi) is 3.34. The molecule has 98 valence electrons. The molecule has 0 radical (unpaired) electrons. The Bertz CT molecular complexity index is 555. The number of benzene rings is 1. The Morgan fingerprint density at radius 1 is 1.28 bits per heavy atom. The first kappa shape index (κ1) is 13.0. The van der Waals surface area contributed by atoms with Crippen molar-refractivity contribution < 1.29 is 8.78 Å². The lowest BCUT2D eigenvalue weighted by molar-refractivity contribution is 0.428. The van der Waals surface area contributed by atoms with Crippen LogP contribution < -0.4 is 5.32 Å². The van der Waals surface area contributed by atoms with E-state index in [9.17, 15) is 8.78 Å². The number of hydrogen-bond acceptors (Lipinski definition) is 2. The van der Waals surface area contributed by atoms with Gasteiger partial charge in [0.2, 0.25) is 0 Å². The molecule has 1 aromatic heterocycles. The fraction of sp³-hybridized carbons (Fsp3) is 0.462. The predicted octanol–water partition coefficient (Wildman–Crippen LogP) is 2.77. The fourth-order valence-electron chi connectivity index (χ4n) is 1.77. The van der Waals surface area contributed by atoms with Crippen molar-refractivity contribution in [3.8, 4) is 0 Å². The normalized spacial score (nSPS) is 12.3. The number of aromatic nitrogens is 2. The lowest BCUT2D eigenvalue weighted by atomic mass is 10.1. The van der Waals surface area contributed by atoms with Crippen molar-refractivity contribution in [2.75, 3.05) is 6.54 Å². The molecule has 0 amide bonds. The first-order valence-corrected chi connectivity index (χ1v) is 5.94. The maximum absolute atomic E-state index is 13.4. The van der Waals surface area contributed by atoms with Gasteiger partial charge in [0, 0.05) is 24.6 Å². The van der Waals surface area contributed by atoms with Crippen LogP contribution in [-0.4, -0.2) is 22.1 Å². The van der Waals surface area contributed by atoms with Crippen LogP contribution in [0, 0.1) is 11.6 Å². The minimum Gasteiger partial charge on any atom is -0.342 e. The lowest BCUT2D eigenvalue weighted by Crippen LogP contribution is -2.37. The van der Waals surface area contributed by atoms with E-state index in [-0.39, 0.29) is 11.1 Å². The Labute approximate surface area is 105 Å². The molecule has 0 saturated heterocycles. The molecule has 0 saturated carbocycles. The highest BCUT2D eigenvalue weighted by atomic mass is 19.1. The third kappa shape index (κ3) is 3.04. The Morgan fingerprint density at radius 3 is 2.67 bits per heavy atom. The van der Waals surface area contributed by atoms with Gasteiger partial charge >= 0.3 is 0 Å². The number of H-pyrrole nitrogens is 1. The quantitative estimate of drug-likeness (QED) is 0.883. The average Bonchev–Trinajstić information content (AvgIpc) is 2.58. The van der Waals surface area contributed by atoms with E-state index in [1.165, 1.54) is 6.07 Å². The van der Waals surface area contributed by atoms with Gasteiger partial charge in [-0.1, -0.05) is 0 Å². The summed E-state index contributed by atoms with van der Waals surface area (Å²) in [6, 6.07) is 2.10. The van der Waals surface area contributed by atoms with Crippen LogP contribution in [0.2, 0.25) is 0 Å². The van der Waals surface area contributed by atoms with Gasteiger partial charge in [-0.3, -0.25) is 0 Å². The van der Waals surface area contributed by atoms with Crippen LogP contribution in [0.25, 0.3) is 11.0 Å². The van der Waals surface area contributed by atoms with Crippen LogP contribution in [0.1, 0.15) is 26.6 Å². The summed E-state index contributed by atoms with van der Waals surface area (Å²) in [4.78, 5) is 7.07. The van der Waals surface area contributed by atoms with Crippen molar-refractivity contribution in [1.82, 2.24) is 15.3 Å². The maximum atomic E-state index is 13.4. The molecular weight excluding hydrogens is 236 g/mol. The number of hydrogen-bond donors (Lipinski definition) is 2. The largest absolute Gasteiger partial charge is 0.342 e. The predicted molar refractivity (Wildman–Crippen MR) is 67.5 cm³/mol. The van der Waals surface area contributed by atoms with E-state index in [1.807, 2.05) is 0 Å². The van der Waals surface area contributed by atoms with Crippen molar-refractivity contribution in [3.63, 3.8) is 0 Å². The van der Waals surface area contributed by atoms with E-state index in [0.717, 1.165) is 12.6 Å². The van der Waals surface area contributed by atoms with E-state index in [4.69, 9.17) is 0 Å². The van der Waals surface area contributed by atoms with E-state index < -0.39 is 11.6 Å². The summed E-state index contributed by atoms with van der Waals surface area (Å²) in [5.41, 5.74) is 0.629. The fourth-order valence-corrected chi connectivity index (χ4v) is 1.77. The maximum Gasteiger partial charge on any atom is 0.153 e. The van der Waals surface area contributed by atoms with Crippen LogP contribution in [0.15, 0.2) is 12.1 Å². The third-order valence-electron chi connectivity index (χ3n) is 2.57. The van der Waals surface area contributed by atoms with Gasteiger partial charge in [-0.25, -0.2) is 13.8 Å². The molecule has 0 atom stereocenters. The molecule has 3 nitrogen and oxygen atoms in total. The average molecular weight is 253 g/mol. The summed E-state index contributed by atoms with van der Waals surface area (Å²) in [6.07, 6.45) is 0.646. The molecule has 18 heavy (non-hydrogen) atoms. The molecule has 0 aliphatic carbocycles. The molecule has 1 aromatic carbocycles. The molecule has 2 aromatic rings. The van der Waals surface area contributed by atoms with Gasteiger partial charge in [0.1, 0.15) is 17.2 Å². The van der Waals surface area contributed by atoms with Crippen molar-refractivity contribution in [3.05, 3.63) is 29.6 Å². The van der Waals surface area contributed by atoms with Gasteiger partial charge in [0.15, 0.2) is 5.82 Å². The number of nitrogens with zero attached hydrogens (tertiary/aromatic N) is 1. The highest BCUT2D eigenvalue weighted by molar-refractivity contribution is 5.75. The highest BCUT2D eigenvalue weighted by Crippen LogP contribution is 2.17. The Balaban J connectivity index is 2.13. The molecule has 2 rings (SSSR count). The number of nitrogens with one attached hydrogen (secondary N) is 2. The first-order valence-electron chi connectivity index (χ1n) is 5.94. The smallest absolute Gasteiger partial charge is 0.153 e. The van der Waals surface area contributed by atoms with Crippen LogP contribution in [-0.2, 0) is 6.42 Å². The number of halogens is 2. The summed E-state index contributed by atoms with van der Waals surface area (Å²) < 4.78 is 26.4. The third-order valence-corrected chi connectivity index (χ3v) is 2.57. The first-order chi connectivity index (χ1) is 8.35.